The number of ether oxygens (including phenoxy) is 2. The number of carbonyl (C=O) groups is 1. The number of aromatic nitrogens is 4. The van der Waals surface area contributed by atoms with Crippen molar-refractivity contribution in [3.63, 3.8) is 0 Å². The van der Waals surface area contributed by atoms with Gasteiger partial charge in [0.15, 0.2) is 11.5 Å². The number of aryl methyl sites for hydroxylation is 1. The number of benzene rings is 2. The fourth-order valence-corrected chi connectivity index (χ4v) is 3.77. The maximum atomic E-state index is 13.1. The van der Waals surface area contributed by atoms with E-state index in [0.717, 1.165) is 22.4 Å². The normalized spacial score (nSPS) is 12.2. The fourth-order valence-electron chi connectivity index (χ4n) is 3.77. The lowest BCUT2D eigenvalue weighted by Crippen LogP contribution is -2.33. The third-order valence-corrected chi connectivity index (χ3v) is 5.55. The molecule has 1 amide bonds. The van der Waals surface area contributed by atoms with Crippen LogP contribution in [0.3, 0.4) is 0 Å². The van der Waals surface area contributed by atoms with Crippen molar-refractivity contribution in [2.45, 2.75) is 19.9 Å². The second-order valence-corrected chi connectivity index (χ2v) is 7.95. The number of aromatic amines is 1. The Morgan fingerprint density at radius 2 is 1.81 bits per heavy atom. The molecule has 0 saturated carbocycles. The topological polar surface area (TPSA) is 94.1 Å². The largest absolute Gasteiger partial charge is 0.493 e. The molecule has 8 nitrogen and oxygen atoms in total. The Morgan fingerprint density at radius 1 is 1.06 bits per heavy atom. The van der Waals surface area contributed by atoms with Crippen molar-refractivity contribution < 1.29 is 14.3 Å². The van der Waals surface area contributed by atoms with E-state index in [9.17, 15) is 4.79 Å². The Labute approximate surface area is 186 Å². The molecule has 0 saturated heterocycles. The zero-order chi connectivity index (χ0) is 22.8. The van der Waals surface area contributed by atoms with Crippen LogP contribution >= 0.6 is 0 Å². The third-order valence-electron chi connectivity index (χ3n) is 5.55. The van der Waals surface area contributed by atoms with E-state index < -0.39 is 0 Å². The number of amides is 1. The first kappa shape index (κ1) is 21.4. The number of fused-ring (bicyclic) bond motifs is 1. The molecule has 1 atom stereocenters. The number of imidazole rings is 1. The van der Waals surface area contributed by atoms with E-state index in [2.05, 4.69) is 29.4 Å². The summed E-state index contributed by atoms with van der Waals surface area (Å²) in [5, 5.41) is 10.3. The average molecular weight is 434 g/mol. The van der Waals surface area contributed by atoms with Crippen LogP contribution in [0.15, 0.2) is 48.5 Å². The highest BCUT2D eigenvalue weighted by Crippen LogP contribution is 2.32. The lowest BCUT2D eigenvalue weighted by molar-refractivity contribution is 0.0917. The van der Waals surface area contributed by atoms with E-state index in [4.69, 9.17) is 14.5 Å². The molecule has 0 bridgehead atoms. The summed E-state index contributed by atoms with van der Waals surface area (Å²) in [6.07, 6.45) is 0. The predicted octanol–water partition coefficient (Wildman–Crippen LogP) is 4.11. The lowest BCUT2D eigenvalue weighted by Gasteiger charge is -2.21. The summed E-state index contributed by atoms with van der Waals surface area (Å²) >= 11 is 0. The highest BCUT2D eigenvalue weighted by molar-refractivity contribution is 5.93. The Bertz CT molecular complexity index is 1260. The quantitative estimate of drug-likeness (QED) is 0.457. The van der Waals surface area contributed by atoms with E-state index in [0.29, 0.717) is 22.9 Å². The summed E-state index contributed by atoms with van der Waals surface area (Å²) in [4.78, 5) is 17.8. The van der Waals surface area contributed by atoms with Crippen molar-refractivity contribution in [3.05, 3.63) is 60.0 Å². The van der Waals surface area contributed by atoms with Crippen LogP contribution in [0.1, 0.15) is 36.2 Å². The van der Waals surface area contributed by atoms with E-state index >= 15 is 0 Å². The molecular weight excluding hydrogens is 406 g/mol. The van der Waals surface area contributed by atoms with Crippen LogP contribution < -0.4 is 14.8 Å². The number of hydrogen-bond acceptors (Lipinski definition) is 5. The molecule has 32 heavy (non-hydrogen) atoms. The molecule has 2 N–H and O–H groups in total. The van der Waals surface area contributed by atoms with Crippen LogP contribution in [-0.4, -0.2) is 39.9 Å². The van der Waals surface area contributed by atoms with Gasteiger partial charge in [0, 0.05) is 12.6 Å². The van der Waals surface area contributed by atoms with Gasteiger partial charge < -0.3 is 19.4 Å². The molecule has 2 aromatic heterocycles. The number of hydrogen-bond donors (Lipinski definition) is 2. The first-order valence-electron chi connectivity index (χ1n) is 10.4. The van der Waals surface area contributed by atoms with Crippen molar-refractivity contribution in [2.24, 2.45) is 13.0 Å². The van der Waals surface area contributed by atoms with Crippen LogP contribution in [0.2, 0.25) is 0 Å². The van der Waals surface area contributed by atoms with Crippen LogP contribution in [0.4, 0.5) is 0 Å². The van der Waals surface area contributed by atoms with Gasteiger partial charge in [-0.15, -0.1) is 0 Å². The van der Waals surface area contributed by atoms with Gasteiger partial charge in [-0.25, -0.2) is 4.98 Å². The number of carbonyl (C=O) groups excluding carboxylic acids is 1. The number of H-pyrrole nitrogens is 1. The zero-order valence-corrected chi connectivity index (χ0v) is 18.8. The van der Waals surface area contributed by atoms with Gasteiger partial charge in [0.1, 0.15) is 11.5 Å². The highest BCUT2D eigenvalue weighted by atomic mass is 16.5. The molecule has 0 fully saturated rings. The maximum absolute atomic E-state index is 13.1. The Hall–Kier alpha value is -3.81. The van der Waals surface area contributed by atoms with Crippen molar-refractivity contribution in [1.29, 1.82) is 0 Å². The van der Waals surface area contributed by atoms with E-state index in [1.165, 1.54) is 0 Å². The van der Waals surface area contributed by atoms with E-state index in [1.54, 1.807) is 20.3 Å². The lowest BCUT2D eigenvalue weighted by atomic mass is 10.0. The van der Waals surface area contributed by atoms with Crippen LogP contribution in [0.5, 0.6) is 11.5 Å². The number of methoxy groups -OCH3 is 2. The minimum atomic E-state index is -0.257. The Morgan fingerprint density at radius 3 is 2.50 bits per heavy atom. The van der Waals surface area contributed by atoms with Crippen LogP contribution in [-0.2, 0) is 7.05 Å². The van der Waals surface area contributed by atoms with Gasteiger partial charge in [-0.1, -0.05) is 26.0 Å². The standard InChI is InChI=1S/C24H27N5O3/c1-14(2)22(23-25-16-8-6-7-9-19(16)29(23)3)26-24(30)18-13-17(27-28-18)15-10-11-20(31-4)21(12-15)32-5/h6-14,22H,1-5H3,(H,26,30)(H,27,28)/t22-/m1/s1. The predicted molar refractivity (Wildman–Crippen MR) is 123 cm³/mol. The van der Waals surface area contributed by atoms with E-state index in [1.807, 2.05) is 54.1 Å². The molecule has 0 aliphatic rings. The van der Waals surface area contributed by atoms with Crippen molar-refractivity contribution >= 4 is 16.9 Å². The molecule has 2 heterocycles. The molecular formula is C24H27N5O3. The van der Waals surface area contributed by atoms with E-state index in [-0.39, 0.29) is 17.9 Å². The van der Waals surface area contributed by atoms with Crippen molar-refractivity contribution in [1.82, 2.24) is 25.1 Å². The number of para-hydroxylation sites is 2. The van der Waals surface area contributed by atoms with Gasteiger partial charge in [0.25, 0.3) is 5.91 Å². The molecule has 0 aliphatic carbocycles. The monoisotopic (exact) mass is 433 g/mol. The first-order chi connectivity index (χ1) is 15.4. The van der Waals surface area contributed by atoms with Crippen LogP contribution in [0, 0.1) is 5.92 Å². The summed E-state index contributed by atoms with van der Waals surface area (Å²) in [5.74, 6) is 1.94. The highest BCUT2D eigenvalue weighted by Gasteiger charge is 2.25. The molecule has 2 aromatic carbocycles. The minimum absolute atomic E-state index is 0.141. The molecule has 0 unspecified atom stereocenters. The Balaban J connectivity index is 1.59. The summed E-state index contributed by atoms with van der Waals surface area (Å²) in [7, 11) is 5.14. The van der Waals surface area contributed by atoms with Gasteiger partial charge in [0.2, 0.25) is 0 Å². The molecule has 4 rings (SSSR count). The summed E-state index contributed by atoms with van der Waals surface area (Å²) in [6, 6.07) is 14.9. The minimum Gasteiger partial charge on any atom is -0.493 e. The van der Waals surface area contributed by atoms with Gasteiger partial charge >= 0.3 is 0 Å². The second kappa shape index (κ2) is 8.74. The van der Waals surface area contributed by atoms with Gasteiger partial charge in [-0.05, 0) is 42.3 Å². The zero-order valence-electron chi connectivity index (χ0n) is 18.8. The molecule has 8 heteroatoms. The summed E-state index contributed by atoms with van der Waals surface area (Å²) in [6.45, 7) is 4.12. The van der Waals surface area contributed by atoms with Gasteiger partial charge in [-0.2, -0.15) is 5.10 Å². The summed E-state index contributed by atoms with van der Waals surface area (Å²) < 4.78 is 12.7. The fraction of sp³-hybridized carbons (Fsp3) is 0.292. The molecule has 0 radical (unpaired) electrons. The van der Waals surface area contributed by atoms with Crippen molar-refractivity contribution in [3.8, 4) is 22.8 Å². The SMILES string of the molecule is COc1ccc(-c2cc(C(=O)N[C@@H](c3nc4ccccc4n3C)C(C)C)[nH]n2)cc1OC. The second-order valence-electron chi connectivity index (χ2n) is 7.95. The Kier molecular flexibility index (Phi) is 5.85. The smallest absolute Gasteiger partial charge is 0.269 e. The third kappa shape index (κ3) is 3.91. The molecule has 166 valence electrons. The number of rotatable bonds is 7. The maximum Gasteiger partial charge on any atom is 0.269 e. The average Bonchev–Trinajstić information content (AvgIpc) is 3.42. The van der Waals surface area contributed by atoms with Crippen LogP contribution in [0.25, 0.3) is 22.3 Å². The molecule has 4 aromatic rings. The number of nitrogens with zero attached hydrogens (tertiary/aromatic N) is 3. The van der Waals surface area contributed by atoms with Crippen molar-refractivity contribution in [2.75, 3.05) is 14.2 Å². The first-order valence-corrected chi connectivity index (χ1v) is 10.4. The number of nitrogens with one attached hydrogen (secondary N) is 2. The van der Waals surface area contributed by atoms with Gasteiger partial charge in [0.05, 0.1) is 37.0 Å². The molecule has 0 spiro atoms. The molecule has 0 aliphatic heterocycles. The summed E-state index contributed by atoms with van der Waals surface area (Å²) in [5.41, 5.74) is 3.76. The van der Waals surface area contributed by atoms with Gasteiger partial charge in [-0.3, -0.25) is 9.89 Å².